The fourth-order valence-corrected chi connectivity index (χ4v) is 4.58. The minimum absolute atomic E-state index is 0.0219. The number of carbonyl (C=O) groups excluding carboxylic acids is 1. The van der Waals surface area contributed by atoms with E-state index in [1.807, 2.05) is 0 Å². The maximum atomic E-state index is 13.3. The van der Waals surface area contributed by atoms with Gasteiger partial charge < -0.3 is 15.4 Å². The van der Waals surface area contributed by atoms with Gasteiger partial charge in [0.1, 0.15) is 5.69 Å². The Morgan fingerprint density at radius 2 is 1.89 bits per heavy atom. The minimum atomic E-state index is -4.55. The van der Waals surface area contributed by atoms with E-state index in [2.05, 4.69) is 20.6 Å². The molecule has 0 bridgehead atoms. The van der Waals surface area contributed by atoms with E-state index in [1.165, 1.54) is 31.5 Å². The van der Waals surface area contributed by atoms with E-state index in [0.29, 0.717) is 34.1 Å². The maximum Gasteiger partial charge on any atom is 0.433 e. The zero-order chi connectivity index (χ0) is 25.2. The van der Waals surface area contributed by atoms with Crippen LogP contribution < -0.4 is 15.4 Å². The van der Waals surface area contributed by atoms with Gasteiger partial charge in [-0.2, -0.15) is 13.2 Å². The summed E-state index contributed by atoms with van der Waals surface area (Å²) < 4.78 is 45.1. The predicted molar refractivity (Wildman–Crippen MR) is 129 cm³/mol. The lowest BCUT2D eigenvalue weighted by Gasteiger charge is -2.29. The molecule has 0 radical (unpaired) electrons. The number of pyridine rings is 2. The number of nitrogens with zero attached hydrogens (tertiary/aromatic N) is 2. The van der Waals surface area contributed by atoms with Gasteiger partial charge in [0, 0.05) is 34.7 Å². The number of hydrogen-bond donors (Lipinski definition) is 2. The summed E-state index contributed by atoms with van der Waals surface area (Å²) in [5.74, 6) is 0.245. The third kappa shape index (κ3) is 6.08. The molecule has 1 aliphatic carbocycles. The topological polar surface area (TPSA) is 76.1 Å². The van der Waals surface area contributed by atoms with E-state index in [-0.39, 0.29) is 28.4 Å². The number of benzene rings is 1. The largest absolute Gasteiger partial charge is 0.481 e. The Labute approximate surface area is 210 Å². The Kier molecular flexibility index (Phi) is 7.56. The maximum absolute atomic E-state index is 13.3. The van der Waals surface area contributed by atoms with Gasteiger partial charge in [0.25, 0.3) is 5.91 Å². The molecule has 1 fully saturated rings. The van der Waals surface area contributed by atoms with E-state index < -0.39 is 11.9 Å². The van der Waals surface area contributed by atoms with Crippen LogP contribution in [0.4, 0.5) is 18.9 Å². The Morgan fingerprint density at radius 3 is 2.57 bits per heavy atom. The second kappa shape index (κ2) is 10.5. The van der Waals surface area contributed by atoms with Gasteiger partial charge in [-0.3, -0.25) is 4.79 Å². The van der Waals surface area contributed by atoms with Crippen LogP contribution in [0.1, 0.15) is 41.7 Å². The van der Waals surface area contributed by atoms with Crippen molar-refractivity contribution in [1.82, 2.24) is 15.3 Å². The molecule has 1 amide bonds. The van der Waals surface area contributed by atoms with E-state index in [9.17, 15) is 18.0 Å². The number of anilines is 1. The van der Waals surface area contributed by atoms with Crippen molar-refractivity contribution < 1.29 is 22.7 Å². The molecule has 186 valence electrons. The number of nitrogens with one attached hydrogen (secondary N) is 2. The van der Waals surface area contributed by atoms with Crippen molar-refractivity contribution in [2.75, 3.05) is 19.0 Å². The zero-order valence-corrected chi connectivity index (χ0v) is 20.3. The van der Waals surface area contributed by atoms with Crippen LogP contribution in [-0.2, 0) is 6.18 Å². The standard InChI is InChI=1S/C24H23Cl2F3N4O2/c1-35-22-9-16(18(26)12-31-22)23(34)32-15-5-2-13(3-6-15)11-30-20-10-21(24(27,28)29)33-19-7-4-14(25)8-17(19)20/h4,7-10,12-13,15H,2-3,5-6,11H2,1H3,(H,30,33)(H,32,34)/t13-,15+. The fourth-order valence-electron chi connectivity index (χ4n) is 4.22. The molecule has 6 nitrogen and oxygen atoms in total. The molecule has 35 heavy (non-hydrogen) atoms. The molecule has 4 rings (SSSR count). The highest BCUT2D eigenvalue weighted by Crippen LogP contribution is 2.35. The van der Waals surface area contributed by atoms with Gasteiger partial charge in [0.05, 0.1) is 29.4 Å². The van der Waals surface area contributed by atoms with Gasteiger partial charge in [-0.15, -0.1) is 0 Å². The van der Waals surface area contributed by atoms with Crippen molar-refractivity contribution in [1.29, 1.82) is 0 Å². The molecule has 2 heterocycles. The molecule has 0 spiro atoms. The van der Waals surface area contributed by atoms with Crippen molar-refractivity contribution in [3.8, 4) is 5.88 Å². The normalized spacial score (nSPS) is 18.3. The first kappa shape index (κ1) is 25.3. The van der Waals surface area contributed by atoms with Crippen molar-refractivity contribution in [2.45, 2.75) is 37.9 Å². The first-order chi connectivity index (χ1) is 16.6. The van der Waals surface area contributed by atoms with Crippen LogP contribution in [-0.4, -0.2) is 35.6 Å². The summed E-state index contributed by atoms with van der Waals surface area (Å²) in [4.78, 5) is 20.4. The van der Waals surface area contributed by atoms with Crippen molar-refractivity contribution in [3.05, 3.63) is 57.8 Å². The SMILES string of the molecule is COc1cc(C(=O)N[C@H]2CC[C@@H](CNc3cc(C(F)(F)F)nc4ccc(Cl)cc34)CC2)c(Cl)cn1. The van der Waals surface area contributed by atoms with E-state index in [1.54, 1.807) is 6.07 Å². The number of halogens is 5. The van der Waals surface area contributed by atoms with Gasteiger partial charge in [-0.05, 0) is 55.9 Å². The number of methoxy groups -OCH3 is 1. The van der Waals surface area contributed by atoms with E-state index >= 15 is 0 Å². The molecule has 1 saturated carbocycles. The second-order valence-corrected chi connectivity index (χ2v) is 9.34. The summed E-state index contributed by atoms with van der Waals surface area (Å²) >= 11 is 12.2. The average Bonchev–Trinajstić information content (AvgIpc) is 2.83. The Morgan fingerprint density at radius 1 is 1.14 bits per heavy atom. The molecule has 0 saturated heterocycles. The molecular formula is C24H23Cl2F3N4O2. The lowest BCUT2D eigenvalue weighted by atomic mass is 9.85. The molecule has 11 heteroatoms. The Balaban J connectivity index is 1.38. The van der Waals surface area contributed by atoms with Gasteiger partial charge in [0.2, 0.25) is 5.88 Å². The van der Waals surface area contributed by atoms with Crippen LogP contribution >= 0.6 is 23.2 Å². The molecule has 0 unspecified atom stereocenters. The first-order valence-corrected chi connectivity index (χ1v) is 11.8. The number of amides is 1. The number of carbonyl (C=O) groups is 1. The Hall–Kier alpha value is -2.78. The lowest BCUT2D eigenvalue weighted by Crippen LogP contribution is -2.38. The summed E-state index contributed by atoms with van der Waals surface area (Å²) in [6.45, 7) is 0.497. The number of fused-ring (bicyclic) bond motifs is 1. The van der Waals surface area contributed by atoms with Crippen molar-refractivity contribution in [3.63, 3.8) is 0 Å². The third-order valence-corrected chi connectivity index (χ3v) is 6.64. The molecule has 3 aromatic rings. The number of alkyl halides is 3. The van der Waals surface area contributed by atoms with Crippen LogP contribution in [0.15, 0.2) is 36.5 Å². The molecule has 0 atom stereocenters. The highest BCUT2D eigenvalue weighted by atomic mass is 35.5. The van der Waals surface area contributed by atoms with Crippen LogP contribution in [0.3, 0.4) is 0 Å². The smallest absolute Gasteiger partial charge is 0.433 e. The Bertz CT molecular complexity index is 1230. The van der Waals surface area contributed by atoms with Crippen LogP contribution in [0.2, 0.25) is 10.0 Å². The minimum Gasteiger partial charge on any atom is -0.481 e. The van der Waals surface area contributed by atoms with Crippen molar-refractivity contribution >= 4 is 45.7 Å². The second-order valence-electron chi connectivity index (χ2n) is 8.49. The molecule has 1 aliphatic rings. The third-order valence-electron chi connectivity index (χ3n) is 6.11. The molecule has 2 aromatic heterocycles. The van der Waals surface area contributed by atoms with Gasteiger partial charge in [-0.25, -0.2) is 9.97 Å². The number of aromatic nitrogens is 2. The van der Waals surface area contributed by atoms with Gasteiger partial charge >= 0.3 is 6.18 Å². The molecule has 1 aromatic carbocycles. The highest BCUT2D eigenvalue weighted by molar-refractivity contribution is 6.33. The van der Waals surface area contributed by atoms with Crippen LogP contribution in [0.5, 0.6) is 5.88 Å². The first-order valence-electron chi connectivity index (χ1n) is 11.1. The van der Waals surface area contributed by atoms with E-state index in [0.717, 1.165) is 31.7 Å². The van der Waals surface area contributed by atoms with Crippen LogP contribution in [0, 0.1) is 5.92 Å². The number of hydrogen-bond acceptors (Lipinski definition) is 5. The monoisotopic (exact) mass is 526 g/mol. The average molecular weight is 527 g/mol. The molecule has 2 N–H and O–H groups in total. The lowest BCUT2D eigenvalue weighted by molar-refractivity contribution is -0.140. The summed E-state index contributed by atoms with van der Waals surface area (Å²) in [5, 5.41) is 7.38. The summed E-state index contributed by atoms with van der Waals surface area (Å²) in [7, 11) is 1.46. The van der Waals surface area contributed by atoms with Gasteiger partial charge in [0.15, 0.2) is 0 Å². The quantitative estimate of drug-likeness (QED) is 0.390. The zero-order valence-electron chi connectivity index (χ0n) is 18.8. The molecular weight excluding hydrogens is 504 g/mol. The number of rotatable bonds is 6. The van der Waals surface area contributed by atoms with Crippen LogP contribution in [0.25, 0.3) is 10.9 Å². The van der Waals surface area contributed by atoms with E-state index in [4.69, 9.17) is 27.9 Å². The predicted octanol–water partition coefficient (Wildman–Crippen LogP) is 6.36. The van der Waals surface area contributed by atoms with Crippen molar-refractivity contribution in [2.24, 2.45) is 5.92 Å². The fraction of sp³-hybridized carbons (Fsp3) is 0.375. The number of ether oxygens (including phenoxy) is 1. The summed E-state index contributed by atoms with van der Waals surface area (Å²) in [5.41, 5.74) is -0.0790. The summed E-state index contributed by atoms with van der Waals surface area (Å²) in [6, 6.07) is 7.11. The van der Waals surface area contributed by atoms with Gasteiger partial charge in [-0.1, -0.05) is 23.2 Å². The molecule has 0 aliphatic heterocycles. The summed E-state index contributed by atoms with van der Waals surface area (Å²) in [6.07, 6.45) is -0.0773. The highest BCUT2D eigenvalue weighted by Gasteiger charge is 2.33.